The summed E-state index contributed by atoms with van der Waals surface area (Å²) < 4.78 is 1.87. The minimum atomic E-state index is -0.833. The van der Waals surface area contributed by atoms with Gasteiger partial charge in [-0.1, -0.05) is 0 Å². The van der Waals surface area contributed by atoms with Crippen LogP contribution in [0, 0.1) is 19.3 Å². The van der Waals surface area contributed by atoms with Crippen LogP contribution < -0.4 is 5.73 Å². The highest BCUT2D eigenvalue weighted by Gasteiger charge is 2.03. The summed E-state index contributed by atoms with van der Waals surface area (Å²) in [6, 6.07) is 9.51. The van der Waals surface area contributed by atoms with E-state index in [9.17, 15) is 0 Å². The van der Waals surface area contributed by atoms with Crippen LogP contribution >= 0.6 is 0 Å². The molecular formula is C14H18N4O2. The smallest absolute Gasteiger partial charge is 0.300 e. The van der Waals surface area contributed by atoms with Crippen molar-refractivity contribution in [3.8, 4) is 5.69 Å². The van der Waals surface area contributed by atoms with Gasteiger partial charge in [0.2, 0.25) is 0 Å². The van der Waals surface area contributed by atoms with E-state index in [0.29, 0.717) is 0 Å². The largest absolute Gasteiger partial charge is 0.481 e. The van der Waals surface area contributed by atoms with E-state index in [2.05, 4.69) is 5.10 Å². The highest BCUT2D eigenvalue weighted by atomic mass is 16.4. The van der Waals surface area contributed by atoms with Crippen molar-refractivity contribution < 1.29 is 9.90 Å². The van der Waals surface area contributed by atoms with Crippen LogP contribution in [-0.4, -0.2) is 26.7 Å². The Hall–Kier alpha value is -2.63. The number of carboxylic acids is 1. The van der Waals surface area contributed by atoms with Crippen molar-refractivity contribution in [1.82, 2.24) is 9.78 Å². The normalized spacial score (nSPS) is 9.55. The van der Waals surface area contributed by atoms with Crippen molar-refractivity contribution in [2.24, 2.45) is 5.73 Å². The number of rotatable bonds is 2. The number of nitrogens with zero attached hydrogens (tertiary/aromatic N) is 2. The molecule has 4 N–H and O–H groups in total. The first-order valence-corrected chi connectivity index (χ1v) is 5.99. The van der Waals surface area contributed by atoms with E-state index >= 15 is 0 Å². The van der Waals surface area contributed by atoms with Crippen LogP contribution in [0.1, 0.15) is 23.9 Å². The van der Waals surface area contributed by atoms with Crippen molar-refractivity contribution in [2.75, 3.05) is 0 Å². The molecule has 106 valence electrons. The Morgan fingerprint density at radius 3 is 2.15 bits per heavy atom. The first kappa shape index (κ1) is 15.4. The number of aryl methyl sites for hydroxylation is 2. The first-order chi connectivity index (χ1) is 9.31. The maximum absolute atomic E-state index is 9.00. The summed E-state index contributed by atoms with van der Waals surface area (Å²) in [6.45, 7) is 5.06. The number of aliphatic carboxylic acids is 1. The van der Waals surface area contributed by atoms with E-state index in [-0.39, 0.29) is 5.84 Å². The Balaban J connectivity index is 0.000000444. The number of amidine groups is 1. The number of nitrogen functional groups attached to an aromatic ring is 1. The molecule has 0 aliphatic carbocycles. The van der Waals surface area contributed by atoms with Crippen LogP contribution in [0.15, 0.2) is 30.3 Å². The SMILES string of the molecule is CC(=O)O.Cc1cc(C)n(-c2ccc(C(=N)N)cc2)n1. The zero-order valence-corrected chi connectivity index (χ0v) is 11.7. The number of aromatic nitrogens is 2. The lowest BCUT2D eigenvalue weighted by Gasteiger charge is -2.05. The van der Waals surface area contributed by atoms with Gasteiger partial charge >= 0.3 is 0 Å². The van der Waals surface area contributed by atoms with Gasteiger partial charge in [-0.15, -0.1) is 0 Å². The summed E-state index contributed by atoms with van der Waals surface area (Å²) in [5.41, 5.74) is 9.19. The highest BCUT2D eigenvalue weighted by Crippen LogP contribution is 2.12. The van der Waals surface area contributed by atoms with E-state index in [1.807, 2.05) is 48.9 Å². The number of carbonyl (C=O) groups is 1. The van der Waals surface area contributed by atoms with E-state index in [1.165, 1.54) is 0 Å². The fourth-order valence-corrected chi connectivity index (χ4v) is 1.67. The van der Waals surface area contributed by atoms with Crippen molar-refractivity contribution in [1.29, 1.82) is 5.41 Å². The summed E-state index contributed by atoms with van der Waals surface area (Å²) in [7, 11) is 0. The van der Waals surface area contributed by atoms with Crippen molar-refractivity contribution in [3.05, 3.63) is 47.3 Å². The van der Waals surface area contributed by atoms with E-state index < -0.39 is 5.97 Å². The van der Waals surface area contributed by atoms with Crippen LogP contribution in [0.5, 0.6) is 0 Å². The summed E-state index contributed by atoms with van der Waals surface area (Å²) in [6.07, 6.45) is 0. The van der Waals surface area contributed by atoms with Crippen LogP contribution in [0.2, 0.25) is 0 Å². The molecule has 1 aromatic heterocycles. The van der Waals surface area contributed by atoms with Gasteiger partial charge < -0.3 is 10.8 Å². The molecule has 6 nitrogen and oxygen atoms in total. The molecule has 0 unspecified atom stereocenters. The minimum Gasteiger partial charge on any atom is -0.481 e. The molecule has 2 aromatic rings. The second kappa shape index (κ2) is 6.51. The van der Waals surface area contributed by atoms with Crippen molar-refractivity contribution in [3.63, 3.8) is 0 Å². The van der Waals surface area contributed by atoms with Gasteiger partial charge in [-0.25, -0.2) is 4.68 Å². The number of nitrogens with one attached hydrogen (secondary N) is 1. The molecule has 0 bridgehead atoms. The van der Waals surface area contributed by atoms with Gasteiger partial charge in [0, 0.05) is 18.2 Å². The third-order valence-corrected chi connectivity index (χ3v) is 2.43. The average molecular weight is 274 g/mol. The second-order valence-electron chi connectivity index (χ2n) is 4.32. The Morgan fingerprint density at radius 1 is 1.30 bits per heavy atom. The number of hydrogen-bond donors (Lipinski definition) is 3. The zero-order valence-electron chi connectivity index (χ0n) is 11.7. The van der Waals surface area contributed by atoms with Gasteiger partial charge in [-0.3, -0.25) is 10.2 Å². The molecule has 20 heavy (non-hydrogen) atoms. The second-order valence-corrected chi connectivity index (χ2v) is 4.32. The maximum Gasteiger partial charge on any atom is 0.300 e. The predicted octanol–water partition coefficient (Wildman–Crippen LogP) is 1.86. The lowest BCUT2D eigenvalue weighted by Crippen LogP contribution is -2.11. The highest BCUT2D eigenvalue weighted by molar-refractivity contribution is 5.95. The molecule has 0 aliphatic heterocycles. The van der Waals surface area contributed by atoms with Crippen LogP contribution in [0.4, 0.5) is 0 Å². The van der Waals surface area contributed by atoms with Crippen LogP contribution in [0.3, 0.4) is 0 Å². The molecule has 6 heteroatoms. The molecule has 1 aromatic carbocycles. The molecule has 2 rings (SSSR count). The fourth-order valence-electron chi connectivity index (χ4n) is 1.67. The quantitative estimate of drug-likeness (QED) is 0.574. The van der Waals surface area contributed by atoms with Crippen LogP contribution in [0.25, 0.3) is 5.69 Å². The Kier molecular flexibility index (Phi) is 5.02. The predicted molar refractivity (Wildman–Crippen MR) is 77.4 cm³/mol. The summed E-state index contributed by atoms with van der Waals surface area (Å²) >= 11 is 0. The molecule has 0 amide bonds. The van der Waals surface area contributed by atoms with Gasteiger partial charge in [0.05, 0.1) is 11.4 Å². The van der Waals surface area contributed by atoms with Crippen molar-refractivity contribution in [2.45, 2.75) is 20.8 Å². The molecule has 0 saturated carbocycles. The number of carboxylic acid groups (broad SMARTS) is 1. The molecular weight excluding hydrogens is 256 g/mol. The van der Waals surface area contributed by atoms with Gasteiger partial charge in [0.25, 0.3) is 5.97 Å². The number of benzene rings is 1. The summed E-state index contributed by atoms with van der Waals surface area (Å²) in [5, 5.41) is 19.1. The Morgan fingerprint density at radius 2 is 1.80 bits per heavy atom. The van der Waals surface area contributed by atoms with Gasteiger partial charge in [-0.05, 0) is 44.2 Å². The van der Waals surface area contributed by atoms with E-state index in [0.717, 1.165) is 29.6 Å². The summed E-state index contributed by atoms with van der Waals surface area (Å²) in [4.78, 5) is 9.00. The lowest BCUT2D eigenvalue weighted by molar-refractivity contribution is -0.134. The van der Waals surface area contributed by atoms with Gasteiger partial charge in [0.15, 0.2) is 0 Å². The first-order valence-electron chi connectivity index (χ1n) is 5.99. The number of hydrogen-bond acceptors (Lipinski definition) is 3. The summed E-state index contributed by atoms with van der Waals surface area (Å²) in [5.74, 6) is -0.750. The third-order valence-electron chi connectivity index (χ3n) is 2.43. The molecule has 0 atom stereocenters. The van der Waals surface area contributed by atoms with Crippen LogP contribution in [-0.2, 0) is 4.79 Å². The molecule has 0 saturated heterocycles. The topological polar surface area (TPSA) is 105 Å². The molecule has 0 radical (unpaired) electrons. The van der Waals surface area contributed by atoms with Gasteiger partial charge in [-0.2, -0.15) is 5.10 Å². The average Bonchev–Trinajstić information content (AvgIpc) is 2.68. The molecule has 0 aliphatic rings. The maximum atomic E-state index is 9.00. The van der Waals surface area contributed by atoms with E-state index in [1.54, 1.807) is 0 Å². The molecule has 1 heterocycles. The molecule has 0 fully saturated rings. The third kappa shape index (κ3) is 4.24. The Bertz CT molecular complexity index is 611. The standard InChI is InChI=1S/C12H14N4.C2H4O2/c1-8-7-9(2)16(15-8)11-5-3-10(4-6-11)12(13)14;1-2(3)4/h3-7H,1-2H3,(H3,13,14);1H3,(H,3,4). The van der Waals surface area contributed by atoms with Crippen molar-refractivity contribution >= 4 is 11.8 Å². The Labute approximate surface area is 117 Å². The van der Waals surface area contributed by atoms with E-state index in [4.69, 9.17) is 21.0 Å². The van der Waals surface area contributed by atoms with Gasteiger partial charge in [0.1, 0.15) is 5.84 Å². The monoisotopic (exact) mass is 274 g/mol. The zero-order chi connectivity index (χ0) is 15.3. The lowest BCUT2D eigenvalue weighted by atomic mass is 10.2. The molecule has 0 spiro atoms. The number of nitrogens with two attached hydrogens (primary N) is 1. The minimum absolute atomic E-state index is 0.0833. The fraction of sp³-hybridized carbons (Fsp3) is 0.214.